The minimum absolute atomic E-state index is 0.0467. The molecule has 7 heteroatoms. The number of urea groups is 1. The Bertz CT molecular complexity index is 778. The highest BCUT2D eigenvalue weighted by Gasteiger charge is 2.12. The molecular formula is C20H24FN3O3. The van der Waals surface area contributed by atoms with Crippen LogP contribution in [-0.2, 0) is 11.3 Å². The number of hydrogen-bond acceptors (Lipinski definition) is 3. The van der Waals surface area contributed by atoms with Crippen molar-refractivity contribution in [3.63, 3.8) is 0 Å². The molecule has 0 spiro atoms. The van der Waals surface area contributed by atoms with Crippen molar-refractivity contribution < 1.29 is 18.7 Å². The minimum Gasteiger partial charge on any atom is -0.484 e. The lowest BCUT2D eigenvalue weighted by atomic mass is 10.2. The molecule has 2 N–H and O–H groups in total. The Morgan fingerprint density at radius 1 is 1.11 bits per heavy atom. The number of anilines is 1. The number of ether oxygens (including phenoxy) is 1. The maximum Gasteiger partial charge on any atom is 0.321 e. The van der Waals surface area contributed by atoms with E-state index in [1.807, 2.05) is 13.8 Å². The van der Waals surface area contributed by atoms with Gasteiger partial charge in [0.2, 0.25) is 0 Å². The summed E-state index contributed by atoms with van der Waals surface area (Å²) in [5.74, 6) is -0.215. The van der Waals surface area contributed by atoms with E-state index in [1.54, 1.807) is 49.5 Å². The summed E-state index contributed by atoms with van der Waals surface area (Å²) in [6.45, 7) is 3.70. The molecule has 0 bridgehead atoms. The van der Waals surface area contributed by atoms with Gasteiger partial charge in [0.15, 0.2) is 6.61 Å². The van der Waals surface area contributed by atoms with E-state index in [9.17, 15) is 14.0 Å². The Balaban J connectivity index is 1.81. The van der Waals surface area contributed by atoms with Gasteiger partial charge >= 0.3 is 6.03 Å². The van der Waals surface area contributed by atoms with Crippen LogP contribution in [0.4, 0.5) is 14.9 Å². The number of nitrogens with one attached hydrogen (secondary N) is 2. The Morgan fingerprint density at radius 3 is 2.41 bits per heavy atom. The molecule has 0 fully saturated rings. The van der Waals surface area contributed by atoms with Crippen LogP contribution in [0.1, 0.15) is 19.4 Å². The van der Waals surface area contributed by atoms with Gasteiger partial charge in [-0.15, -0.1) is 0 Å². The van der Waals surface area contributed by atoms with Gasteiger partial charge in [0.25, 0.3) is 5.91 Å². The quantitative estimate of drug-likeness (QED) is 0.784. The van der Waals surface area contributed by atoms with Gasteiger partial charge in [-0.25, -0.2) is 9.18 Å². The van der Waals surface area contributed by atoms with Crippen molar-refractivity contribution in [1.29, 1.82) is 0 Å². The third-order valence-electron chi connectivity index (χ3n) is 3.74. The zero-order chi connectivity index (χ0) is 19.8. The van der Waals surface area contributed by atoms with Crippen LogP contribution in [0, 0.1) is 5.82 Å². The molecule has 27 heavy (non-hydrogen) atoms. The van der Waals surface area contributed by atoms with Crippen LogP contribution in [0.2, 0.25) is 0 Å². The number of carbonyl (C=O) groups is 2. The van der Waals surface area contributed by atoms with Gasteiger partial charge in [-0.1, -0.05) is 18.2 Å². The zero-order valence-corrected chi connectivity index (χ0v) is 15.7. The second kappa shape index (κ2) is 9.56. The van der Waals surface area contributed by atoms with E-state index >= 15 is 0 Å². The van der Waals surface area contributed by atoms with Gasteiger partial charge in [-0.3, -0.25) is 9.69 Å². The first kappa shape index (κ1) is 20.2. The molecule has 0 saturated heterocycles. The molecule has 144 valence electrons. The van der Waals surface area contributed by atoms with E-state index in [0.717, 1.165) is 0 Å². The predicted molar refractivity (Wildman–Crippen MR) is 102 cm³/mol. The van der Waals surface area contributed by atoms with Gasteiger partial charge in [0.1, 0.15) is 11.6 Å². The zero-order valence-electron chi connectivity index (χ0n) is 15.7. The van der Waals surface area contributed by atoms with Crippen molar-refractivity contribution in [2.45, 2.75) is 26.4 Å². The SMILES string of the molecule is CC(C)NC(=O)N(C)c1ccc(OCC(=O)NCc2ccccc2F)cc1. The van der Waals surface area contributed by atoms with Crippen LogP contribution in [0.15, 0.2) is 48.5 Å². The van der Waals surface area contributed by atoms with E-state index in [0.29, 0.717) is 17.0 Å². The van der Waals surface area contributed by atoms with Gasteiger partial charge < -0.3 is 15.4 Å². The third-order valence-corrected chi connectivity index (χ3v) is 3.74. The second-order valence-electron chi connectivity index (χ2n) is 6.31. The number of benzene rings is 2. The molecule has 0 aliphatic rings. The predicted octanol–water partition coefficient (Wildman–Crippen LogP) is 3.08. The molecule has 0 radical (unpaired) electrons. The lowest BCUT2D eigenvalue weighted by Gasteiger charge is -2.20. The monoisotopic (exact) mass is 373 g/mol. The molecule has 0 aliphatic carbocycles. The van der Waals surface area contributed by atoms with Gasteiger partial charge in [0, 0.05) is 30.9 Å². The first-order chi connectivity index (χ1) is 12.9. The summed E-state index contributed by atoms with van der Waals surface area (Å²) >= 11 is 0. The molecular weight excluding hydrogens is 349 g/mol. The number of amides is 3. The summed E-state index contributed by atoms with van der Waals surface area (Å²) in [4.78, 5) is 25.3. The summed E-state index contributed by atoms with van der Waals surface area (Å²) < 4.78 is 18.9. The van der Waals surface area contributed by atoms with Gasteiger partial charge in [-0.2, -0.15) is 0 Å². The lowest BCUT2D eigenvalue weighted by molar-refractivity contribution is -0.123. The maximum atomic E-state index is 13.5. The fraction of sp³-hybridized carbons (Fsp3) is 0.300. The first-order valence-corrected chi connectivity index (χ1v) is 8.64. The molecule has 2 aromatic carbocycles. The minimum atomic E-state index is -0.361. The summed E-state index contributed by atoms with van der Waals surface area (Å²) in [7, 11) is 1.67. The van der Waals surface area contributed by atoms with Crippen molar-refractivity contribution >= 4 is 17.6 Å². The second-order valence-corrected chi connectivity index (χ2v) is 6.31. The molecule has 0 aliphatic heterocycles. The van der Waals surface area contributed by atoms with Crippen LogP contribution in [0.5, 0.6) is 5.75 Å². The third kappa shape index (κ3) is 6.29. The molecule has 0 atom stereocenters. The van der Waals surface area contributed by atoms with Crippen molar-refractivity contribution in [2.24, 2.45) is 0 Å². The van der Waals surface area contributed by atoms with Crippen LogP contribution >= 0.6 is 0 Å². The summed E-state index contributed by atoms with van der Waals surface area (Å²) in [5.41, 5.74) is 1.11. The Kier molecular flexibility index (Phi) is 7.16. The highest BCUT2D eigenvalue weighted by Crippen LogP contribution is 2.18. The van der Waals surface area contributed by atoms with E-state index in [-0.39, 0.29) is 36.9 Å². The smallest absolute Gasteiger partial charge is 0.321 e. The fourth-order valence-corrected chi connectivity index (χ4v) is 2.26. The Hall–Kier alpha value is -3.09. The average molecular weight is 373 g/mol. The average Bonchev–Trinajstić information content (AvgIpc) is 2.65. The van der Waals surface area contributed by atoms with E-state index in [4.69, 9.17) is 4.74 Å². The Morgan fingerprint density at radius 2 is 1.78 bits per heavy atom. The lowest BCUT2D eigenvalue weighted by Crippen LogP contribution is -2.40. The van der Waals surface area contributed by atoms with Gasteiger partial charge in [-0.05, 0) is 44.2 Å². The molecule has 0 saturated carbocycles. The van der Waals surface area contributed by atoms with Crippen molar-refractivity contribution in [2.75, 3.05) is 18.6 Å². The topological polar surface area (TPSA) is 70.7 Å². The normalized spacial score (nSPS) is 10.4. The van der Waals surface area contributed by atoms with Crippen molar-refractivity contribution in [1.82, 2.24) is 10.6 Å². The largest absolute Gasteiger partial charge is 0.484 e. The van der Waals surface area contributed by atoms with Crippen LogP contribution < -0.4 is 20.3 Å². The van der Waals surface area contributed by atoms with E-state index in [1.165, 1.54) is 11.0 Å². The summed E-state index contributed by atoms with van der Waals surface area (Å²) in [6.07, 6.45) is 0. The molecule has 0 aromatic heterocycles. The molecule has 2 aromatic rings. The van der Waals surface area contributed by atoms with Crippen molar-refractivity contribution in [3.05, 3.63) is 59.9 Å². The molecule has 6 nitrogen and oxygen atoms in total. The molecule has 0 heterocycles. The molecule has 3 amide bonds. The van der Waals surface area contributed by atoms with E-state index < -0.39 is 0 Å². The highest BCUT2D eigenvalue weighted by molar-refractivity contribution is 5.91. The fourth-order valence-electron chi connectivity index (χ4n) is 2.26. The highest BCUT2D eigenvalue weighted by atomic mass is 19.1. The summed E-state index contributed by atoms with van der Waals surface area (Å²) in [5, 5.41) is 5.41. The number of halogens is 1. The molecule has 0 unspecified atom stereocenters. The van der Waals surface area contributed by atoms with E-state index in [2.05, 4.69) is 10.6 Å². The maximum absolute atomic E-state index is 13.5. The van der Waals surface area contributed by atoms with Gasteiger partial charge in [0.05, 0.1) is 0 Å². The Labute approximate surface area is 158 Å². The number of nitrogens with zero attached hydrogens (tertiary/aromatic N) is 1. The number of carbonyl (C=O) groups excluding carboxylic acids is 2. The van der Waals surface area contributed by atoms with Crippen LogP contribution in [-0.4, -0.2) is 31.6 Å². The van der Waals surface area contributed by atoms with Crippen LogP contribution in [0.25, 0.3) is 0 Å². The van der Waals surface area contributed by atoms with Crippen LogP contribution in [0.3, 0.4) is 0 Å². The standard InChI is InChI=1S/C20H24FN3O3/c1-14(2)23-20(26)24(3)16-8-10-17(11-9-16)27-13-19(25)22-12-15-6-4-5-7-18(15)21/h4-11,14H,12-13H2,1-3H3,(H,22,25)(H,23,26). The number of rotatable bonds is 7. The van der Waals surface area contributed by atoms with Crippen molar-refractivity contribution in [3.8, 4) is 5.75 Å². The first-order valence-electron chi connectivity index (χ1n) is 8.64. The number of hydrogen-bond donors (Lipinski definition) is 2. The molecule has 2 rings (SSSR count). The summed E-state index contributed by atoms with van der Waals surface area (Å²) in [6, 6.07) is 12.9.